The Morgan fingerprint density at radius 1 is 1.30 bits per heavy atom. The molecule has 1 atom stereocenters. The molecule has 5 nitrogen and oxygen atoms in total. The quantitative estimate of drug-likeness (QED) is 0.520. The molecule has 2 aromatic carbocycles. The molecule has 6 heteroatoms. The van der Waals surface area contributed by atoms with Crippen LogP contribution in [0, 0.1) is 0 Å². The van der Waals surface area contributed by atoms with Crippen molar-refractivity contribution in [1.82, 2.24) is 14.9 Å². The van der Waals surface area contributed by atoms with E-state index in [9.17, 15) is 4.79 Å². The number of allylic oxidation sites excluding steroid dienone is 1. The minimum atomic E-state index is -0.00459. The summed E-state index contributed by atoms with van der Waals surface area (Å²) in [6.07, 6.45) is 2.62. The zero-order valence-electron chi connectivity index (χ0n) is 14.9. The molecule has 0 bridgehead atoms. The van der Waals surface area contributed by atoms with E-state index in [-0.39, 0.29) is 11.9 Å². The van der Waals surface area contributed by atoms with E-state index >= 15 is 0 Å². The molecule has 1 aliphatic heterocycles. The van der Waals surface area contributed by atoms with Crippen LogP contribution in [0.2, 0.25) is 0 Å². The van der Waals surface area contributed by atoms with E-state index in [0.29, 0.717) is 18.9 Å². The maximum Gasteiger partial charge on any atom is 0.230 e. The second-order valence-electron chi connectivity index (χ2n) is 6.37. The highest BCUT2D eigenvalue weighted by Crippen LogP contribution is 2.31. The summed E-state index contributed by atoms with van der Waals surface area (Å²) in [5, 5.41) is 3.97. The first-order valence-corrected chi connectivity index (χ1v) is 9.95. The lowest BCUT2D eigenvalue weighted by atomic mass is 10.0. The van der Waals surface area contributed by atoms with Crippen LogP contribution in [0.3, 0.4) is 0 Å². The third-order valence-electron chi connectivity index (χ3n) is 4.56. The number of rotatable bonds is 6. The zero-order chi connectivity index (χ0) is 18.6. The van der Waals surface area contributed by atoms with Crippen molar-refractivity contribution in [2.45, 2.75) is 24.2 Å². The summed E-state index contributed by atoms with van der Waals surface area (Å²) < 4.78 is 7.75. The molecule has 2 heterocycles. The Balaban J connectivity index is 1.45. The number of thioether (sulfide) groups is 1. The van der Waals surface area contributed by atoms with Crippen LogP contribution < -0.4 is 10.1 Å². The van der Waals surface area contributed by atoms with Gasteiger partial charge in [-0.25, -0.2) is 4.98 Å². The monoisotopic (exact) mass is 379 g/mol. The molecule has 4 rings (SSSR count). The number of ether oxygens (including phenoxy) is 1. The molecule has 0 saturated heterocycles. The standard InChI is InChI=1S/C21H21N3O2S/c1-2-12-24-18-9-5-4-8-17(18)23-21(24)27-14-20(25)22-16-11-13-26-19-10-6-3-7-15(16)19/h2-10,16H,1,11-14H2,(H,22,25). The number of benzene rings is 2. The third-order valence-corrected chi connectivity index (χ3v) is 5.53. The number of imidazole rings is 1. The molecule has 1 N–H and O–H groups in total. The molecule has 138 valence electrons. The Morgan fingerprint density at radius 2 is 2.11 bits per heavy atom. The first-order chi connectivity index (χ1) is 13.3. The van der Waals surface area contributed by atoms with Crippen molar-refractivity contribution in [3.8, 4) is 5.75 Å². The minimum Gasteiger partial charge on any atom is -0.493 e. The predicted molar refractivity (Wildman–Crippen MR) is 108 cm³/mol. The van der Waals surface area contributed by atoms with Crippen LogP contribution in [0.4, 0.5) is 0 Å². The Bertz CT molecular complexity index is 982. The van der Waals surface area contributed by atoms with Crippen molar-refractivity contribution in [1.29, 1.82) is 0 Å². The Labute approximate surface area is 162 Å². The number of hydrogen-bond acceptors (Lipinski definition) is 4. The zero-order valence-corrected chi connectivity index (χ0v) is 15.7. The van der Waals surface area contributed by atoms with Crippen LogP contribution in [0.25, 0.3) is 11.0 Å². The van der Waals surface area contributed by atoms with E-state index in [2.05, 4.69) is 21.4 Å². The smallest absolute Gasteiger partial charge is 0.230 e. The van der Waals surface area contributed by atoms with Gasteiger partial charge in [0.15, 0.2) is 5.16 Å². The molecule has 0 fully saturated rings. The van der Waals surface area contributed by atoms with Gasteiger partial charge in [0.25, 0.3) is 0 Å². The lowest BCUT2D eigenvalue weighted by Crippen LogP contribution is -2.33. The molecule has 27 heavy (non-hydrogen) atoms. The number of carbonyl (C=O) groups excluding carboxylic acids is 1. The normalized spacial score (nSPS) is 15.8. The van der Waals surface area contributed by atoms with Gasteiger partial charge < -0.3 is 14.6 Å². The molecular formula is C21H21N3O2S. The number of nitrogens with one attached hydrogen (secondary N) is 1. The highest BCUT2D eigenvalue weighted by Gasteiger charge is 2.23. The van der Waals surface area contributed by atoms with Gasteiger partial charge in [-0.3, -0.25) is 4.79 Å². The van der Waals surface area contributed by atoms with Gasteiger partial charge in [-0.2, -0.15) is 0 Å². The Morgan fingerprint density at radius 3 is 3.00 bits per heavy atom. The van der Waals surface area contributed by atoms with Crippen molar-refractivity contribution in [3.63, 3.8) is 0 Å². The van der Waals surface area contributed by atoms with Crippen molar-refractivity contribution < 1.29 is 9.53 Å². The fraction of sp³-hybridized carbons (Fsp3) is 0.238. The van der Waals surface area contributed by atoms with Gasteiger partial charge >= 0.3 is 0 Å². The number of carbonyl (C=O) groups is 1. The molecule has 1 aliphatic rings. The second kappa shape index (κ2) is 7.88. The van der Waals surface area contributed by atoms with E-state index < -0.39 is 0 Å². The summed E-state index contributed by atoms with van der Waals surface area (Å²) in [6.45, 7) is 5.11. The average Bonchev–Trinajstić information content (AvgIpc) is 3.05. The van der Waals surface area contributed by atoms with Crippen molar-refractivity contribution in [2.75, 3.05) is 12.4 Å². The lowest BCUT2D eigenvalue weighted by molar-refractivity contribution is -0.119. The topological polar surface area (TPSA) is 56.2 Å². The average molecular weight is 379 g/mol. The van der Waals surface area contributed by atoms with Crippen LogP contribution in [0.15, 0.2) is 66.3 Å². The molecule has 0 saturated carbocycles. The Hall–Kier alpha value is -2.73. The fourth-order valence-electron chi connectivity index (χ4n) is 3.33. The molecule has 1 unspecified atom stereocenters. The number of fused-ring (bicyclic) bond motifs is 2. The van der Waals surface area contributed by atoms with Crippen molar-refractivity contribution in [2.24, 2.45) is 0 Å². The van der Waals surface area contributed by atoms with Crippen LogP contribution in [-0.4, -0.2) is 27.8 Å². The summed E-state index contributed by atoms with van der Waals surface area (Å²) in [5.41, 5.74) is 3.03. The molecule has 1 aromatic heterocycles. The first-order valence-electron chi connectivity index (χ1n) is 8.96. The van der Waals surface area contributed by atoms with E-state index in [1.165, 1.54) is 11.8 Å². The van der Waals surface area contributed by atoms with Gasteiger partial charge in [0, 0.05) is 18.5 Å². The molecule has 3 aromatic rings. The van der Waals surface area contributed by atoms with Gasteiger partial charge in [0.05, 0.1) is 29.4 Å². The predicted octanol–water partition coefficient (Wildman–Crippen LogP) is 3.95. The second-order valence-corrected chi connectivity index (χ2v) is 7.31. The highest BCUT2D eigenvalue weighted by atomic mass is 32.2. The van der Waals surface area contributed by atoms with Crippen molar-refractivity contribution >= 4 is 28.7 Å². The summed E-state index contributed by atoms with van der Waals surface area (Å²) >= 11 is 1.45. The van der Waals surface area contributed by atoms with Gasteiger partial charge in [0.2, 0.25) is 5.91 Å². The maximum atomic E-state index is 12.5. The number of nitrogens with zero attached hydrogens (tertiary/aromatic N) is 2. The van der Waals surface area contributed by atoms with Gasteiger partial charge in [0.1, 0.15) is 5.75 Å². The number of aromatic nitrogens is 2. The lowest BCUT2D eigenvalue weighted by Gasteiger charge is -2.26. The summed E-state index contributed by atoms with van der Waals surface area (Å²) in [4.78, 5) is 17.2. The van der Waals surface area contributed by atoms with Gasteiger partial charge in [-0.15, -0.1) is 6.58 Å². The molecule has 1 amide bonds. The molecule has 0 radical (unpaired) electrons. The van der Waals surface area contributed by atoms with E-state index in [1.807, 2.05) is 54.6 Å². The first kappa shape index (κ1) is 17.7. The van der Waals surface area contributed by atoms with E-state index in [1.54, 1.807) is 0 Å². The van der Waals surface area contributed by atoms with Gasteiger partial charge in [-0.1, -0.05) is 48.2 Å². The molecular weight excluding hydrogens is 358 g/mol. The van der Waals surface area contributed by atoms with Gasteiger partial charge in [-0.05, 0) is 18.2 Å². The minimum absolute atomic E-state index is 0.00101. The fourth-order valence-corrected chi connectivity index (χ4v) is 4.16. The highest BCUT2D eigenvalue weighted by molar-refractivity contribution is 7.99. The van der Waals surface area contributed by atoms with Crippen LogP contribution in [0.1, 0.15) is 18.0 Å². The Kier molecular flexibility index (Phi) is 5.16. The molecule has 0 spiro atoms. The van der Waals surface area contributed by atoms with E-state index in [4.69, 9.17) is 4.74 Å². The number of hydrogen-bond donors (Lipinski definition) is 1. The SMILES string of the molecule is C=CCn1c(SCC(=O)NC2CCOc3ccccc32)nc2ccccc21. The number of amides is 1. The van der Waals surface area contributed by atoms with E-state index in [0.717, 1.165) is 33.9 Å². The maximum absolute atomic E-state index is 12.5. The number of para-hydroxylation sites is 3. The van der Waals surface area contributed by atoms with Crippen LogP contribution >= 0.6 is 11.8 Å². The van der Waals surface area contributed by atoms with Crippen LogP contribution in [0.5, 0.6) is 5.75 Å². The summed E-state index contributed by atoms with van der Waals surface area (Å²) in [7, 11) is 0. The third kappa shape index (κ3) is 3.71. The largest absolute Gasteiger partial charge is 0.493 e. The van der Waals surface area contributed by atoms with Crippen LogP contribution in [-0.2, 0) is 11.3 Å². The molecule has 0 aliphatic carbocycles. The van der Waals surface area contributed by atoms with Crippen molar-refractivity contribution in [3.05, 3.63) is 66.7 Å². The summed E-state index contributed by atoms with van der Waals surface area (Å²) in [6, 6.07) is 15.9. The summed E-state index contributed by atoms with van der Waals surface area (Å²) in [5.74, 6) is 1.17.